The van der Waals surface area contributed by atoms with Crippen molar-refractivity contribution in [1.82, 2.24) is 0 Å². The second-order valence-corrected chi connectivity index (χ2v) is 8.51. The molecule has 0 rings (SSSR count). The fourth-order valence-electron chi connectivity index (χ4n) is 3.41. The zero-order valence-electron chi connectivity index (χ0n) is 20.8. The molecule has 0 saturated heterocycles. The van der Waals surface area contributed by atoms with Crippen LogP contribution in [-0.2, 0) is 19.1 Å². The molecule has 0 aliphatic rings. The van der Waals surface area contributed by atoms with Gasteiger partial charge in [0.15, 0.2) is 6.61 Å². The third-order valence-corrected chi connectivity index (χ3v) is 5.41. The molecule has 0 fully saturated rings. The van der Waals surface area contributed by atoms with Crippen LogP contribution in [0.2, 0.25) is 0 Å². The maximum atomic E-state index is 11.7. The van der Waals surface area contributed by atoms with Crippen molar-refractivity contribution >= 4 is 11.9 Å². The molecule has 0 radical (unpaired) electrons. The van der Waals surface area contributed by atoms with Gasteiger partial charge in [-0.3, -0.25) is 9.59 Å². The molecule has 32 heavy (non-hydrogen) atoms. The molecule has 0 aliphatic carbocycles. The molecule has 0 aromatic heterocycles. The van der Waals surface area contributed by atoms with Crippen molar-refractivity contribution in [1.29, 1.82) is 0 Å². The average molecular weight is 449 g/mol. The quantitative estimate of drug-likeness (QED) is 0.0737. The van der Waals surface area contributed by atoms with E-state index in [0.29, 0.717) is 13.0 Å². The fraction of sp³-hybridized carbons (Fsp3) is 0.786. The number of hydrogen-bond donors (Lipinski definition) is 0. The molecule has 0 unspecified atom stereocenters. The van der Waals surface area contributed by atoms with Crippen LogP contribution < -0.4 is 0 Å². The van der Waals surface area contributed by atoms with Crippen molar-refractivity contribution in [2.75, 3.05) is 13.2 Å². The van der Waals surface area contributed by atoms with Crippen LogP contribution in [0.25, 0.3) is 0 Å². The van der Waals surface area contributed by atoms with E-state index in [4.69, 9.17) is 9.47 Å². The van der Waals surface area contributed by atoms with Crippen LogP contribution in [0.15, 0.2) is 12.7 Å². The highest BCUT2D eigenvalue weighted by molar-refractivity contribution is 5.72. The smallest absolute Gasteiger partial charge is 0.306 e. The summed E-state index contributed by atoms with van der Waals surface area (Å²) < 4.78 is 10.3. The van der Waals surface area contributed by atoms with Crippen molar-refractivity contribution in [3.63, 3.8) is 0 Å². The highest BCUT2D eigenvalue weighted by atomic mass is 16.5. The Hall–Kier alpha value is -1.76. The maximum absolute atomic E-state index is 11.7. The first-order valence-corrected chi connectivity index (χ1v) is 13.1. The van der Waals surface area contributed by atoms with Gasteiger partial charge in [0.25, 0.3) is 0 Å². The molecule has 184 valence electrons. The average Bonchev–Trinajstić information content (AvgIpc) is 2.78. The molecule has 4 nitrogen and oxygen atoms in total. The Morgan fingerprint density at radius 2 is 1.25 bits per heavy atom. The van der Waals surface area contributed by atoms with E-state index in [1.807, 2.05) is 6.08 Å². The largest absolute Gasteiger partial charge is 0.466 e. The Labute approximate surface area is 197 Å². The molecular weight excluding hydrogens is 400 g/mol. The van der Waals surface area contributed by atoms with E-state index in [0.717, 1.165) is 32.1 Å². The minimum Gasteiger partial charge on any atom is -0.466 e. The molecular formula is C28H48O4. The molecule has 0 amide bonds. The van der Waals surface area contributed by atoms with Gasteiger partial charge in [-0.1, -0.05) is 95.5 Å². The van der Waals surface area contributed by atoms with Crippen molar-refractivity contribution in [3.05, 3.63) is 12.7 Å². The second-order valence-electron chi connectivity index (χ2n) is 8.51. The highest BCUT2D eigenvalue weighted by Crippen LogP contribution is 2.09. The summed E-state index contributed by atoms with van der Waals surface area (Å²) in [5.41, 5.74) is 0. The van der Waals surface area contributed by atoms with E-state index >= 15 is 0 Å². The van der Waals surface area contributed by atoms with E-state index in [1.54, 1.807) is 0 Å². The summed E-state index contributed by atoms with van der Waals surface area (Å²) >= 11 is 0. The summed E-state index contributed by atoms with van der Waals surface area (Å²) in [6.45, 7) is 6.59. The first-order valence-electron chi connectivity index (χ1n) is 13.1. The van der Waals surface area contributed by atoms with Gasteiger partial charge in [-0.2, -0.15) is 0 Å². The zero-order valence-corrected chi connectivity index (χ0v) is 20.8. The van der Waals surface area contributed by atoms with Gasteiger partial charge in [-0.25, -0.2) is 0 Å². The third kappa shape index (κ3) is 24.5. The van der Waals surface area contributed by atoms with Gasteiger partial charge in [-0.05, 0) is 32.1 Å². The molecule has 0 saturated carbocycles. The van der Waals surface area contributed by atoms with Gasteiger partial charge in [-0.15, -0.1) is 6.58 Å². The molecule has 0 atom stereocenters. The minimum atomic E-state index is -0.296. The van der Waals surface area contributed by atoms with Gasteiger partial charge >= 0.3 is 11.9 Å². The Kier molecular flexibility index (Phi) is 24.1. The van der Waals surface area contributed by atoms with Crippen LogP contribution in [0.4, 0.5) is 0 Å². The number of ether oxygens (including phenoxy) is 2. The maximum Gasteiger partial charge on any atom is 0.306 e. The summed E-state index contributed by atoms with van der Waals surface area (Å²) in [6, 6.07) is 0. The van der Waals surface area contributed by atoms with Gasteiger partial charge in [0.2, 0.25) is 0 Å². The van der Waals surface area contributed by atoms with Gasteiger partial charge in [0.05, 0.1) is 6.61 Å². The second kappa shape index (κ2) is 25.5. The summed E-state index contributed by atoms with van der Waals surface area (Å²) in [4.78, 5) is 23.4. The van der Waals surface area contributed by atoms with Crippen molar-refractivity contribution in [3.8, 4) is 11.8 Å². The Bertz CT molecular complexity index is 515. The predicted molar refractivity (Wildman–Crippen MR) is 133 cm³/mol. The Balaban J connectivity index is 3.41. The van der Waals surface area contributed by atoms with Gasteiger partial charge in [0.1, 0.15) is 0 Å². The van der Waals surface area contributed by atoms with Crippen LogP contribution in [0.1, 0.15) is 129 Å². The zero-order chi connectivity index (χ0) is 23.5. The molecule has 0 aromatic carbocycles. The topological polar surface area (TPSA) is 52.6 Å². The van der Waals surface area contributed by atoms with Crippen LogP contribution in [0.5, 0.6) is 0 Å². The van der Waals surface area contributed by atoms with E-state index in [-0.39, 0.29) is 31.4 Å². The summed E-state index contributed by atoms with van der Waals surface area (Å²) in [6.07, 6.45) is 22.1. The number of esters is 2. The van der Waals surface area contributed by atoms with Crippen LogP contribution in [0, 0.1) is 11.8 Å². The highest BCUT2D eigenvalue weighted by Gasteiger charge is 2.06. The standard InChI is InChI=1S/C28H48O4/c1-3-5-7-9-11-13-14-15-17-19-21-26-32-28(30)24-22-23-27(29)31-25-20-18-16-12-10-8-6-4-2/h4H,2-3,5-18,20,22-26H2,1H3. The van der Waals surface area contributed by atoms with Crippen molar-refractivity contribution in [2.45, 2.75) is 129 Å². The molecule has 0 spiro atoms. The summed E-state index contributed by atoms with van der Waals surface area (Å²) in [5, 5.41) is 0. The predicted octanol–water partition coefficient (Wildman–Crippen LogP) is 7.69. The van der Waals surface area contributed by atoms with Crippen molar-refractivity contribution < 1.29 is 19.1 Å². The van der Waals surface area contributed by atoms with Gasteiger partial charge in [0, 0.05) is 19.3 Å². The first-order chi connectivity index (χ1) is 15.7. The third-order valence-electron chi connectivity index (χ3n) is 5.41. The number of unbranched alkanes of at least 4 members (excludes halogenated alkanes) is 14. The van der Waals surface area contributed by atoms with E-state index < -0.39 is 0 Å². The normalized spacial score (nSPS) is 10.3. The lowest BCUT2D eigenvalue weighted by Gasteiger charge is -2.05. The monoisotopic (exact) mass is 448 g/mol. The summed E-state index contributed by atoms with van der Waals surface area (Å²) in [5.74, 6) is 5.45. The van der Waals surface area contributed by atoms with Crippen LogP contribution in [-0.4, -0.2) is 25.2 Å². The van der Waals surface area contributed by atoms with Crippen LogP contribution in [0.3, 0.4) is 0 Å². The fourth-order valence-corrected chi connectivity index (χ4v) is 3.41. The van der Waals surface area contributed by atoms with Crippen molar-refractivity contribution in [2.24, 2.45) is 0 Å². The number of allylic oxidation sites excluding steroid dienone is 1. The lowest BCUT2D eigenvalue weighted by Crippen LogP contribution is -2.09. The van der Waals surface area contributed by atoms with Gasteiger partial charge < -0.3 is 9.47 Å². The number of carbonyl (C=O) groups is 2. The number of hydrogen-bond acceptors (Lipinski definition) is 4. The molecule has 0 bridgehead atoms. The van der Waals surface area contributed by atoms with E-state index in [9.17, 15) is 9.59 Å². The lowest BCUT2D eigenvalue weighted by atomic mass is 10.1. The van der Waals surface area contributed by atoms with E-state index in [2.05, 4.69) is 25.3 Å². The number of carbonyl (C=O) groups excluding carboxylic acids is 2. The molecule has 0 aromatic rings. The number of rotatable bonds is 22. The van der Waals surface area contributed by atoms with E-state index in [1.165, 1.54) is 70.6 Å². The minimum absolute atomic E-state index is 0.147. The summed E-state index contributed by atoms with van der Waals surface area (Å²) in [7, 11) is 0. The SMILES string of the molecule is C=CCCCCCCCCOC(=O)CCCC(=O)OCC#CCCCCCCCCCC. The molecule has 0 N–H and O–H groups in total. The Morgan fingerprint density at radius 3 is 1.91 bits per heavy atom. The lowest BCUT2D eigenvalue weighted by molar-refractivity contribution is -0.145. The van der Waals surface area contributed by atoms with Crippen LogP contribution >= 0.6 is 0 Å². The molecule has 0 aliphatic heterocycles. The molecule has 4 heteroatoms. The first kappa shape index (κ1) is 30.2. The molecule has 0 heterocycles. The Morgan fingerprint density at radius 1 is 0.688 bits per heavy atom.